The van der Waals surface area contributed by atoms with Gasteiger partial charge in [-0.05, 0) is 29.8 Å². The highest BCUT2D eigenvalue weighted by atomic mass is 79.9. The summed E-state index contributed by atoms with van der Waals surface area (Å²) in [6, 6.07) is 10.8. The molecule has 0 unspecified atom stereocenters. The zero-order valence-electron chi connectivity index (χ0n) is 12.2. The summed E-state index contributed by atoms with van der Waals surface area (Å²) in [4.78, 5) is 2.21. The molecule has 0 aliphatic rings. The van der Waals surface area contributed by atoms with Gasteiger partial charge in [-0.25, -0.2) is 0 Å². The zero-order chi connectivity index (χ0) is 14.5. The minimum Gasteiger partial charge on any atom is -0.467 e. The van der Waals surface area contributed by atoms with Crippen LogP contribution in [0.5, 0.6) is 0 Å². The summed E-state index contributed by atoms with van der Waals surface area (Å²) in [6.45, 7) is 5.94. The van der Waals surface area contributed by atoms with Crippen LogP contribution in [0.2, 0.25) is 0 Å². The van der Waals surface area contributed by atoms with Gasteiger partial charge < -0.3 is 14.6 Å². The molecule has 1 aromatic carbocycles. The van der Waals surface area contributed by atoms with Crippen LogP contribution >= 0.6 is 15.9 Å². The van der Waals surface area contributed by atoms with Gasteiger partial charge in [0.25, 0.3) is 0 Å². The van der Waals surface area contributed by atoms with Crippen LogP contribution in [-0.4, -0.2) is 13.1 Å². The predicted molar refractivity (Wildman–Crippen MR) is 86.9 cm³/mol. The van der Waals surface area contributed by atoms with Gasteiger partial charge in [0.1, 0.15) is 5.76 Å². The van der Waals surface area contributed by atoms with E-state index < -0.39 is 0 Å². The van der Waals surface area contributed by atoms with Crippen LogP contribution in [0.1, 0.15) is 25.2 Å². The Labute approximate surface area is 129 Å². The Hall–Kier alpha value is -1.26. The quantitative estimate of drug-likeness (QED) is 0.857. The molecule has 0 aliphatic heterocycles. The highest BCUT2D eigenvalue weighted by Gasteiger charge is 2.10. The van der Waals surface area contributed by atoms with E-state index in [4.69, 9.17) is 4.42 Å². The van der Waals surface area contributed by atoms with Crippen LogP contribution in [0, 0.1) is 0 Å². The minimum atomic E-state index is 0.474. The number of rotatable bonds is 6. The second kappa shape index (κ2) is 6.95. The van der Waals surface area contributed by atoms with Gasteiger partial charge in [0.05, 0.1) is 12.8 Å². The molecule has 2 rings (SSSR count). The Bertz CT molecular complexity index is 537. The van der Waals surface area contributed by atoms with Crippen molar-refractivity contribution in [3.63, 3.8) is 0 Å². The van der Waals surface area contributed by atoms with Crippen molar-refractivity contribution in [2.24, 2.45) is 0 Å². The molecule has 0 aliphatic carbocycles. The van der Waals surface area contributed by atoms with Gasteiger partial charge in [0.2, 0.25) is 0 Å². The summed E-state index contributed by atoms with van der Waals surface area (Å²) in [7, 11) is 2.09. The lowest BCUT2D eigenvalue weighted by Gasteiger charge is -2.22. The Balaban J connectivity index is 2.17. The van der Waals surface area contributed by atoms with Gasteiger partial charge in [-0.15, -0.1) is 0 Å². The lowest BCUT2D eigenvalue weighted by atomic mass is 10.1. The predicted octanol–water partition coefficient (Wildman–Crippen LogP) is 4.18. The third-order valence-corrected chi connectivity index (χ3v) is 3.63. The monoisotopic (exact) mass is 336 g/mol. The Morgan fingerprint density at radius 2 is 2.10 bits per heavy atom. The van der Waals surface area contributed by atoms with Gasteiger partial charge in [-0.3, -0.25) is 0 Å². The first kappa shape index (κ1) is 15.1. The molecule has 20 heavy (non-hydrogen) atoms. The molecule has 0 atom stereocenters. The summed E-state index contributed by atoms with van der Waals surface area (Å²) in [5, 5.41) is 3.47. The molecule has 1 N–H and O–H groups in total. The smallest absolute Gasteiger partial charge is 0.123 e. The standard InChI is InChI=1S/C16H21BrN2O/c1-12(2)18-10-13-6-7-14(17)9-16(13)19(3)11-15-5-4-8-20-15/h4-9,12,18H,10-11H2,1-3H3. The van der Waals surface area contributed by atoms with E-state index in [9.17, 15) is 0 Å². The van der Waals surface area contributed by atoms with Crippen molar-refractivity contribution in [3.8, 4) is 0 Å². The lowest BCUT2D eigenvalue weighted by molar-refractivity contribution is 0.507. The average molecular weight is 337 g/mol. The summed E-state index contributed by atoms with van der Waals surface area (Å²) in [5.41, 5.74) is 2.50. The Morgan fingerprint density at radius 3 is 2.75 bits per heavy atom. The second-order valence-electron chi connectivity index (χ2n) is 5.24. The fraction of sp³-hybridized carbons (Fsp3) is 0.375. The van der Waals surface area contributed by atoms with Crippen LogP contribution in [-0.2, 0) is 13.1 Å². The number of anilines is 1. The van der Waals surface area contributed by atoms with Crippen LogP contribution in [0.4, 0.5) is 5.69 Å². The number of furan rings is 1. The van der Waals surface area contributed by atoms with Crippen LogP contribution in [0.3, 0.4) is 0 Å². The van der Waals surface area contributed by atoms with E-state index in [0.29, 0.717) is 6.04 Å². The molecule has 0 bridgehead atoms. The van der Waals surface area contributed by atoms with Crippen molar-refractivity contribution in [1.29, 1.82) is 0 Å². The normalized spacial score (nSPS) is 11.1. The summed E-state index contributed by atoms with van der Waals surface area (Å²) in [6.07, 6.45) is 1.71. The number of nitrogens with one attached hydrogen (secondary N) is 1. The molecule has 1 aromatic heterocycles. The van der Waals surface area contributed by atoms with E-state index in [2.05, 4.69) is 65.2 Å². The zero-order valence-corrected chi connectivity index (χ0v) is 13.8. The average Bonchev–Trinajstić information content (AvgIpc) is 2.89. The van der Waals surface area contributed by atoms with E-state index in [0.717, 1.165) is 23.3 Å². The fourth-order valence-corrected chi connectivity index (χ4v) is 2.43. The highest BCUT2D eigenvalue weighted by molar-refractivity contribution is 9.10. The van der Waals surface area contributed by atoms with Crippen molar-refractivity contribution in [3.05, 3.63) is 52.4 Å². The third-order valence-electron chi connectivity index (χ3n) is 3.13. The molecule has 0 fully saturated rings. The number of benzene rings is 1. The molecule has 0 amide bonds. The second-order valence-corrected chi connectivity index (χ2v) is 6.16. The highest BCUT2D eigenvalue weighted by Crippen LogP contribution is 2.26. The first-order chi connectivity index (χ1) is 9.56. The van der Waals surface area contributed by atoms with Gasteiger partial charge in [0.15, 0.2) is 0 Å². The summed E-state index contributed by atoms with van der Waals surface area (Å²) >= 11 is 3.55. The topological polar surface area (TPSA) is 28.4 Å². The van der Waals surface area contributed by atoms with E-state index in [1.807, 2.05) is 12.1 Å². The van der Waals surface area contributed by atoms with Crippen molar-refractivity contribution in [1.82, 2.24) is 5.32 Å². The van der Waals surface area contributed by atoms with Crippen LogP contribution in [0.25, 0.3) is 0 Å². The molecule has 0 saturated carbocycles. The Morgan fingerprint density at radius 1 is 1.30 bits per heavy atom. The van der Waals surface area contributed by atoms with Gasteiger partial charge in [-0.1, -0.05) is 35.8 Å². The molecular formula is C16H21BrN2O. The molecule has 4 heteroatoms. The largest absolute Gasteiger partial charge is 0.467 e. The first-order valence-electron chi connectivity index (χ1n) is 6.81. The SMILES string of the molecule is CC(C)NCc1ccc(Br)cc1N(C)Cc1ccco1. The van der Waals surface area contributed by atoms with E-state index in [1.54, 1.807) is 6.26 Å². The molecule has 1 heterocycles. The van der Waals surface area contributed by atoms with Gasteiger partial charge in [0, 0.05) is 29.8 Å². The van der Waals surface area contributed by atoms with E-state index in [-0.39, 0.29) is 0 Å². The molecular weight excluding hydrogens is 316 g/mol. The molecule has 3 nitrogen and oxygen atoms in total. The maximum absolute atomic E-state index is 5.42. The third kappa shape index (κ3) is 4.12. The fourth-order valence-electron chi connectivity index (χ4n) is 2.08. The van der Waals surface area contributed by atoms with Crippen molar-refractivity contribution in [2.45, 2.75) is 33.0 Å². The minimum absolute atomic E-state index is 0.474. The lowest BCUT2D eigenvalue weighted by Crippen LogP contribution is -2.24. The van der Waals surface area contributed by atoms with Crippen LogP contribution in [0.15, 0.2) is 45.5 Å². The van der Waals surface area contributed by atoms with Gasteiger partial charge in [-0.2, -0.15) is 0 Å². The number of halogens is 1. The van der Waals surface area contributed by atoms with Crippen molar-refractivity contribution in [2.75, 3.05) is 11.9 Å². The van der Waals surface area contributed by atoms with Crippen molar-refractivity contribution < 1.29 is 4.42 Å². The molecule has 0 saturated heterocycles. The molecule has 0 spiro atoms. The van der Waals surface area contributed by atoms with Crippen LogP contribution < -0.4 is 10.2 Å². The summed E-state index contributed by atoms with van der Waals surface area (Å²) < 4.78 is 6.51. The van der Waals surface area contributed by atoms with Gasteiger partial charge >= 0.3 is 0 Å². The molecule has 108 valence electrons. The summed E-state index contributed by atoms with van der Waals surface area (Å²) in [5.74, 6) is 0.968. The first-order valence-corrected chi connectivity index (χ1v) is 7.61. The van der Waals surface area contributed by atoms with E-state index >= 15 is 0 Å². The number of nitrogens with zero attached hydrogens (tertiary/aromatic N) is 1. The van der Waals surface area contributed by atoms with Crippen molar-refractivity contribution >= 4 is 21.6 Å². The molecule has 0 radical (unpaired) electrons. The van der Waals surface area contributed by atoms with E-state index in [1.165, 1.54) is 11.3 Å². The Kier molecular flexibility index (Phi) is 5.26. The number of hydrogen-bond acceptors (Lipinski definition) is 3. The molecule has 2 aromatic rings. The maximum atomic E-state index is 5.42. The maximum Gasteiger partial charge on any atom is 0.123 e. The number of hydrogen-bond donors (Lipinski definition) is 1.